The van der Waals surface area contributed by atoms with Gasteiger partial charge in [0, 0.05) is 6.04 Å². The van der Waals surface area contributed by atoms with Gasteiger partial charge in [-0.05, 0) is 13.3 Å². The van der Waals surface area contributed by atoms with E-state index in [-0.39, 0.29) is 16.9 Å². The fraction of sp³-hybridized carbons (Fsp3) is 0.667. The van der Waals surface area contributed by atoms with Crippen molar-refractivity contribution in [3.63, 3.8) is 0 Å². The Morgan fingerprint density at radius 2 is 1.90 bits per heavy atom. The van der Waals surface area contributed by atoms with Gasteiger partial charge >= 0.3 is 0 Å². The van der Waals surface area contributed by atoms with E-state index in [4.69, 9.17) is 5.84 Å². The second-order valence-electron chi connectivity index (χ2n) is 4.76. The molecular formula is C12H23N5O2S. The Balaban J connectivity index is 2.55. The maximum Gasteiger partial charge on any atom is 0.243 e. The molecule has 4 N–H and O–H groups in total. The molecule has 0 aliphatic carbocycles. The molecule has 1 heterocycles. The average molecular weight is 301 g/mol. The molecule has 0 saturated heterocycles. The third-order valence-electron chi connectivity index (χ3n) is 2.91. The fourth-order valence-corrected chi connectivity index (χ4v) is 2.97. The highest BCUT2D eigenvalue weighted by Gasteiger charge is 2.18. The van der Waals surface area contributed by atoms with Crippen LogP contribution in [0.5, 0.6) is 0 Å². The van der Waals surface area contributed by atoms with Crippen molar-refractivity contribution in [3.05, 3.63) is 12.4 Å². The van der Waals surface area contributed by atoms with E-state index in [0.29, 0.717) is 0 Å². The largest absolute Gasteiger partial charge is 0.292 e. The number of hydrogen-bond donors (Lipinski definition) is 3. The smallest absolute Gasteiger partial charge is 0.243 e. The summed E-state index contributed by atoms with van der Waals surface area (Å²) >= 11 is 0. The Kier molecular flexibility index (Phi) is 6.83. The van der Waals surface area contributed by atoms with E-state index in [1.54, 1.807) is 0 Å². The Hall–Kier alpha value is -1.25. The summed E-state index contributed by atoms with van der Waals surface area (Å²) in [4.78, 5) is 7.62. The van der Waals surface area contributed by atoms with Crippen LogP contribution in [0, 0.1) is 0 Å². The van der Waals surface area contributed by atoms with Gasteiger partial charge in [0.2, 0.25) is 16.0 Å². The summed E-state index contributed by atoms with van der Waals surface area (Å²) in [5.41, 5.74) is 2.25. The van der Waals surface area contributed by atoms with Crippen LogP contribution in [-0.2, 0) is 10.0 Å². The van der Waals surface area contributed by atoms with E-state index in [9.17, 15) is 8.42 Å². The summed E-state index contributed by atoms with van der Waals surface area (Å²) in [6.07, 6.45) is 7.78. The average Bonchev–Trinajstić information content (AvgIpc) is 2.43. The second kappa shape index (κ2) is 8.13. The minimum atomic E-state index is -3.57. The highest BCUT2D eigenvalue weighted by Crippen LogP contribution is 2.10. The summed E-state index contributed by atoms with van der Waals surface area (Å²) in [6.45, 7) is 4.01. The number of unbranched alkanes of at least 4 members (excludes halogenated alkanes) is 3. The van der Waals surface area contributed by atoms with Gasteiger partial charge in [0.15, 0.2) is 0 Å². The first-order valence-electron chi connectivity index (χ1n) is 6.80. The van der Waals surface area contributed by atoms with Crippen LogP contribution in [0.25, 0.3) is 0 Å². The Morgan fingerprint density at radius 1 is 1.25 bits per heavy atom. The molecule has 0 aliphatic rings. The molecule has 0 aliphatic heterocycles. The third kappa shape index (κ3) is 5.40. The van der Waals surface area contributed by atoms with Gasteiger partial charge in [-0.25, -0.2) is 29.0 Å². The fourth-order valence-electron chi connectivity index (χ4n) is 1.80. The lowest BCUT2D eigenvalue weighted by Crippen LogP contribution is -2.32. The molecule has 7 nitrogen and oxygen atoms in total. The van der Waals surface area contributed by atoms with Crippen LogP contribution in [-0.4, -0.2) is 24.4 Å². The maximum absolute atomic E-state index is 12.1. The minimum Gasteiger partial charge on any atom is -0.292 e. The molecule has 8 heteroatoms. The number of anilines is 1. The van der Waals surface area contributed by atoms with Crippen LogP contribution in [0.15, 0.2) is 17.3 Å². The molecule has 1 rings (SSSR count). The van der Waals surface area contributed by atoms with Crippen LogP contribution in [0.2, 0.25) is 0 Å². The van der Waals surface area contributed by atoms with Crippen molar-refractivity contribution in [1.82, 2.24) is 14.7 Å². The predicted molar refractivity (Wildman–Crippen MR) is 78.4 cm³/mol. The van der Waals surface area contributed by atoms with Gasteiger partial charge < -0.3 is 0 Å². The molecular weight excluding hydrogens is 278 g/mol. The first kappa shape index (κ1) is 16.8. The van der Waals surface area contributed by atoms with Crippen molar-refractivity contribution in [2.75, 3.05) is 5.43 Å². The molecule has 0 radical (unpaired) electrons. The zero-order chi connectivity index (χ0) is 15.0. The Labute approximate surface area is 120 Å². The number of rotatable bonds is 9. The lowest BCUT2D eigenvalue weighted by atomic mass is 10.1. The zero-order valence-electron chi connectivity index (χ0n) is 12.0. The number of hydrogen-bond acceptors (Lipinski definition) is 6. The van der Waals surface area contributed by atoms with Gasteiger partial charge in [-0.15, -0.1) is 0 Å². The normalized spacial score (nSPS) is 13.2. The predicted octanol–water partition coefficient (Wildman–Crippen LogP) is 1.40. The van der Waals surface area contributed by atoms with Gasteiger partial charge in [0.1, 0.15) is 4.90 Å². The quantitative estimate of drug-likeness (QED) is 0.361. The number of nitrogen functional groups attached to an aromatic ring is 1. The van der Waals surface area contributed by atoms with E-state index in [1.165, 1.54) is 25.2 Å². The number of hydrazine groups is 1. The van der Waals surface area contributed by atoms with E-state index >= 15 is 0 Å². The first-order valence-corrected chi connectivity index (χ1v) is 8.29. The van der Waals surface area contributed by atoms with Gasteiger partial charge in [-0.3, -0.25) is 5.43 Å². The van der Waals surface area contributed by atoms with Gasteiger partial charge in [0.25, 0.3) is 0 Å². The summed E-state index contributed by atoms with van der Waals surface area (Å²) < 4.78 is 26.8. The van der Waals surface area contributed by atoms with Crippen LogP contribution in [0.4, 0.5) is 5.95 Å². The first-order chi connectivity index (χ1) is 9.49. The van der Waals surface area contributed by atoms with Crippen molar-refractivity contribution >= 4 is 16.0 Å². The zero-order valence-corrected chi connectivity index (χ0v) is 12.8. The molecule has 0 amide bonds. The Bertz CT molecular complexity index is 489. The molecule has 0 spiro atoms. The molecule has 1 unspecified atom stereocenters. The van der Waals surface area contributed by atoms with E-state index in [1.807, 2.05) is 6.92 Å². The van der Waals surface area contributed by atoms with Crippen LogP contribution in [0.1, 0.15) is 46.0 Å². The molecule has 0 fully saturated rings. The summed E-state index contributed by atoms with van der Waals surface area (Å²) in [7, 11) is -3.57. The number of sulfonamides is 1. The monoisotopic (exact) mass is 301 g/mol. The van der Waals surface area contributed by atoms with E-state index < -0.39 is 10.0 Å². The van der Waals surface area contributed by atoms with E-state index in [2.05, 4.69) is 27.0 Å². The standard InChI is InChI=1S/C12H23N5O2S/c1-3-4-5-6-7-10(2)17-20(18,19)11-8-14-12(16-13)15-9-11/h8-10,17H,3-7,13H2,1-2H3,(H,14,15,16). The lowest BCUT2D eigenvalue weighted by molar-refractivity contribution is 0.521. The van der Waals surface area contributed by atoms with Crippen molar-refractivity contribution in [2.24, 2.45) is 5.84 Å². The second-order valence-corrected chi connectivity index (χ2v) is 6.47. The van der Waals surface area contributed by atoms with Crippen molar-refractivity contribution in [1.29, 1.82) is 0 Å². The van der Waals surface area contributed by atoms with Gasteiger partial charge in [0.05, 0.1) is 12.4 Å². The molecule has 1 aromatic rings. The molecule has 114 valence electrons. The van der Waals surface area contributed by atoms with Gasteiger partial charge in [-0.2, -0.15) is 0 Å². The number of nitrogens with one attached hydrogen (secondary N) is 2. The van der Waals surface area contributed by atoms with Crippen molar-refractivity contribution in [3.8, 4) is 0 Å². The van der Waals surface area contributed by atoms with Crippen molar-refractivity contribution < 1.29 is 8.42 Å². The van der Waals surface area contributed by atoms with Crippen molar-refractivity contribution in [2.45, 2.75) is 56.9 Å². The third-order valence-corrected chi connectivity index (χ3v) is 4.46. The molecule has 0 saturated carbocycles. The summed E-state index contributed by atoms with van der Waals surface area (Å²) in [5.74, 6) is 5.31. The number of nitrogens with two attached hydrogens (primary N) is 1. The topological polar surface area (TPSA) is 110 Å². The number of nitrogens with zero attached hydrogens (tertiary/aromatic N) is 2. The number of aromatic nitrogens is 2. The lowest BCUT2D eigenvalue weighted by Gasteiger charge is -2.13. The molecule has 1 atom stereocenters. The van der Waals surface area contributed by atoms with E-state index in [0.717, 1.165) is 19.3 Å². The summed E-state index contributed by atoms with van der Waals surface area (Å²) in [6, 6.07) is -0.107. The maximum atomic E-state index is 12.1. The van der Waals surface area contributed by atoms with Crippen LogP contribution >= 0.6 is 0 Å². The SMILES string of the molecule is CCCCCCC(C)NS(=O)(=O)c1cnc(NN)nc1. The van der Waals surface area contributed by atoms with Crippen LogP contribution in [0.3, 0.4) is 0 Å². The molecule has 0 bridgehead atoms. The highest BCUT2D eigenvalue weighted by molar-refractivity contribution is 7.89. The Morgan fingerprint density at radius 3 is 2.45 bits per heavy atom. The van der Waals surface area contributed by atoms with Gasteiger partial charge in [-0.1, -0.05) is 32.6 Å². The molecule has 0 aromatic carbocycles. The minimum absolute atomic E-state index is 0.0388. The summed E-state index contributed by atoms with van der Waals surface area (Å²) in [5, 5.41) is 0. The molecule has 1 aromatic heterocycles. The highest BCUT2D eigenvalue weighted by atomic mass is 32.2. The van der Waals surface area contributed by atoms with Crippen LogP contribution < -0.4 is 16.0 Å². The molecule has 20 heavy (non-hydrogen) atoms.